The highest BCUT2D eigenvalue weighted by Crippen LogP contribution is 2.26. The number of hydroxylamine groups is 1. The van der Waals surface area contributed by atoms with Gasteiger partial charge >= 0.3 is 0 Å². The Bertz CT molecular complexity index is 502. The van der Waals surface area contributed by atoms with Gasteiger partial charge in [-0.15, -0.1) is 0 Å². The molecule has 0 spiro atoms. The molecule has 4 heteroatoms. The SMILES string of the molecule is ONCc1ccc(OCc2ccccc2)c(Cl)c1. The second-order valence-electron chi connectivity index (χ2n) is 3.87. The maximum Gasteiger partial charge on any atom is 0.138 e. The topological polar surface area (TPSA) is 41.5 Å². The standard InChI is InChI=1S/C14H14ClNO2/c15-13-8-12(9-16-17)6-7-14(13)18-10-11-4-2-1-3-5-11/h1-8,16-17H,9-10H2. The highest BCUT2D eigenvalue weighted by atomic mass is 35.5. The van der Waals surface area contributed by atoms with Crippen LogP contribution >= 0.6 is 11.6 Å². The van der Waals surface area contributed by atoms with Crippen molar-refractivity contribution in [2.45, 2.75) is 13.2 Å². The van der Waals surface area contributed by atoms with Gasteiger partial charge in [-0.25, -0.2) is 5.48 Å². The molecule has 2 N–H and O–H groups in total. The first-order valence-corrected chi connectivity index (χ1v) is 5.99. The fraction of sp³-hybridized carbons (Fsp3) is 0.143. The van der Waals surface area contributed by atoms with Crippen LogP contribution in [0.25, 0.3) is 0 Å². The van der Waals surface area contributed by atoms with Crippen LogP contribution in [0.5, 0.6) is 5.75 Å². The summed E-state index contributed by atoms with van der Waals surface area (Å²) in [6, 6.07) is 15.3. The van der Waals surface area contributed by atoms with E-state index in [0.29, 0.717) is 23.9 Å². The molecule has 0 saturated heterocycles. The third kappa shape index (κ3) is 3.47. The van der Waals surface area contributed by atoms with Gasteiger partial charge in [0.1, 0.15) is 12.4 Å². The molecule has 2 aromatic rings. The average Bonchev–Trinajstić information content (AvgIpc) is 2.39. The first-order chi connectivity index (χ1) is 8.79. The molecule has 2 rings (SSSR count). The summed E-state index contributed by atoms with van der Waals surface area (Å²) in [7, 11) is 0. The lowest BCUT2D eigenvalue weighted by atomic mass is 10.2. The summed E-state index contributed by atoms with van der Waals surface area (Å²) in [5.41, 5.74) is 4.08. The van der Waals surface area contributed by atoms with E-state index in [1.165, 1.54) is 0 Å². The molecule has 0 aromatic heterocycles. The molecule has 2 aromatic carbocycles. The number of hydrogen-bond acceptors (Lipinski definition) is 3. The fourth-order valence-electron chi connectivity index (χ4n) is 1.60. The summed E-state index contributed by atoms with van der Waals surface area (Å²) in [5, 5.41) is 9.15. The highest BCUT2D eigenvalue weighted by molar-refractivity contribution is 6.32. The normalized spacial score (nSPS) is 10.3. The van der Waals surface area contributed by atoms with Gasteiger partial charge in [-0.2, -0.15) is 0 Å². The highest BCUT2D eigenvalue weighted by Gasteiger charge is 2.03. The zero-order valence-corrected chi connectivity index (χ0v) is 10.5. The average molecular weight is 264 g/mol. The smallest absolute Gasteiger partial charge is 0.138 e. The molecule has 0 aliphatic rings. The van der Waals surface area contributed by atoms with Crippen LogP contribution in [-0.2, 0) is 13.2 Å². The van der Waals surface area contributed by atoms with E-state index in [4.69, 9.17) is 21.5 Å². The van der Waals surface area contributed by atoms with Crippen molar-refractivity contribution in [2.24, 2.45) is 0 Å². The lowest BCUT2D eigenvalue weighted by Crippen LogP contribution is -2.06. The minimum Gasteiger partial charge on any atom is -0.487 e. The van der Waals surface area contributed by atoms with Crippen LogP contribution in [0.3, 0.4) is 0 Å². The number of nitrogens with one attached hydrogen (secondary N) is 1. The van der Waals surface area contributed by atoms with Crippen LogP contribution in [-0.4, -0.2) is 5.21 Å². The predicted octanol–water partition coefficient (Wildman–Crippen LogP) is 3.40. The summed E-state index contributed by atoms with van der Waals surface area (Å²) < 4.78 is 5.64. The van der Waals surface area contributed by atoms with E-state index in [2.05, 4.69) is 5.48 Å². The molecule has 18 heavy (non-hydrogen) atoms. The van der Waals surface area contributed by atoms with Crippen LogP contribution in [0.2, 0.25) is 5.02 Å². The van der Waals surface area contributed by atoms with Crippen molar-refractivity contribution in [1.29, 1.82) is 0 Å². The Hall–Kier alpha value is -1.55. The summed E-state index contributed by atoms with van der Waals surface area (Å²) in [6.07, 6.45) is 0. The van der Waals surface area contributed by atoms with Crippen LogP contribution in [0.15, 0.2) is 48.5 Å². The largest absolute Gasteiger partial charge is 0.487 e. The molecule has 0 saturated carbocycles. The number of rotatable bonds is 5. The first kappa shape index (κ1) is 12.9. The molecule has 0 atom stereocenters. The van der Waals surface area contributed by atoms with E-state index in [1.54, 1.807) is 12.1 Å². The van der Waals surface area contributed by atoms with Gasteiger partial charge in [-0.3, -0.25) is 0 Å². The number of benzene rings is 2. The van der Waals surface area contributed by atoms with Crippen molar-refractivity contribution in [1.82, 2.24) is 5.48 Å². The molecule has 0 radical (unpaired) electrons. The van der Waals surface area contributed by atoms with Gasteiger partial charge in [0.05, 0.1) is 5.02 Å². The molecular formula is C14H14ClNO2. The molecule has 0 fully saturated rings. The van der Waals surface area contributed by atoms with E-state index >= 15 is 0 Å². The Morgan fingerprint density at radius 3 is 2.50 bits per heavy atom. The monoisotopic (exact) mass is 263 g/mol. The van der Waals surface area contributed by atoms with E-state index in [1.807, 2.05) is 36.4 Å². The zero-order chi connectivity index (χ0) is 12.8. The molecule has 0 aliphatic heterocycles. The van der Waals surface area contributed by atoms with Crippen molar-refractivity contribution in [3.63, 3.8) is 0 Å². The molecule has 0 heterocycles. The van der Waals surface area contributed by atoms with Gasteiger partial charge in [0, 0.05) is 6.54 Å². The fourth-order valence-corrected chi connectivity index (χ4v) is 1.86. The van der Waals surface area contributed by atoms with Gasteiger partial charge in [0.15, 0.2) is 0 Å². The molecule has 3 nitrogen and oxygen atoms in total. The third-order valence-electron chi connectivity index (χ3n) is 2.52. The quantitative estimate of drug-likeness (QED) is 0.813. The van der Waals surface area contributed by atoms with Crippen molar-refractivity contribution >= 4 is 11.6 Å². The molecule has 94 valence electrons. The van der Waals surface area contributed by atoms with Gasteiger partial charge in [-0.05, 0) is 23.3 Å². The van der Waals surface area contributed by atoms with Gasteiger partial charge in [-0.1, -0.05) is 48.0 Å². The van der Waals surface area contributed by atoms with Crippen molar-refractivity contribution in [2.75, 3.05) is 0 Å². The lowest BCUT2D eigenvalue weighted by Gasteiger charge is -2.09. The Morgan fingerprint density at radius 2 is 1.83 bits per heavy atom. The Balaban J connectivity index is 2.01. The maximum absolute atomic E-state index is 8.61. The van der Waals surface area contributed by atoms with Crippen LogP contribution in [0.4, 0.5) is 0 Å². The third-order valence-corrected chi connectivity index (χ3v) is 2.81. The van der Waals surface area contributed by atoms with E-state index in [0.717, 1.165) is 11.1 Å². The van der Waals surface area contributed by atoms with Gasteiger partial charge in [0.2, 0.25) is 0 Å². The minimum atomic E-state index is 0.360. The van der Waals surface area contributed by atoms with Crippen LogP contribution in [0, 0.1) is 0 Å². The number of ether oxygens (including phenoxy) is 1. The summed E-state index contributed by atoms with van der Waals surface area (Å²) in [5.74, 6) is 0.641. The van der Waals surface area contributed by atoms with E-state index in [9.17, 15) is 0 Å². The van der Waals surface area contributed by atoms with Crippen molar-refractivity contribution in [3.05, 3.63) is 64.7 Å². The van der Waals surface area contributed by atoms with E-state index < -0.39 is 0 Å². The van der Waals surface area contributed by atoms with Crippen LogP contribution < -0.4 is 10.2 Å². The predicted molar refractivity (Wildman–Crippen MR) is 70.9 cm³/mol. The zero-order valence-electron chi connectivity index (χ0n) is 9.77. The first-order valence-electron chi connectivity index (χ1n) is 5.61. The molecule has 0 amide bonds. The summed E-state index contributed by atoms with van der Waals surface area (Å²) in [4.78, 5) is 0. The van der Waals surface area contributed by atoms with Gasteiger partial charge < -0.3 is 9.94 Å². The summed E-state index contributed by atoms with van der Waals surface area (Å²) in [6.45, 7) is 0.844. The maximum atomic E-state index is 8.61. The minimum absolute atomic E-state index is 0.360. The number of halogens is 1. The van der Waals surface area contributed by atoms with Crippen molar-refractivity contribution < 1.29 is 9.94 Å². The van der Waals surface area contributed by atoms with Crippen molar-refractivity contribution in [3.8, 4) is 5.75 Å². The number of hydrogen-bond donors (Lipinski definition) is 2. The van der Waals surface area contributed by atoms with E-state index in [-0.39, 0.29) is 0 Å². The molecular weight excluding hydrogens is 250 g/mol. The van der Waals surface area contributed by atoms with Gasteiger partial charge in [0.25, 0.3) is 0 Å². The molecule has 0 aliphatic carbocycles. The lowest BCUT2D eigenvalue weighted by molar-refractivity contribution is 0.161. The molecule has 0 bridgehead atoms. The Kier molecular flexibility index (Phi) is 4.59. The van der Waals surface area contributed by atoms with Crippen LogP contribution in [0.1, 0.15) is 11.1 Å². The second kappa shape index (κ2) is 6.40. The molecule has 0 unspecified atom stereocenters. The summed E-state index contributed by atoms with van der Waals surface area (Å²) >= 11 is 6.10. The second-order valence-corrected chi connectivity index (χ2v) is 4.28. The Labute approximate surface area is 111 Å². The Morgan fingerprint density at radius 1 is 1.06 bits per heavy atom.